The molecule has 0 bridgehead atoms. The number of ether oxygens (including phenoxy) is 2. The number of piperazine rings is 1. The first-order valence-electron chi connectivity index (χ1n) is 9.63. The third-order valence-electron chi connectivity index (χ3n) is 5.20. The van der Waals surface area contributed by atoms with E-state index in [1.807, 2.05) is 53.6 Å². The fourth-order valence-electron chi connectivity index (χ4n) is 3.56. The highest BCUT2D eigenvalue weighted by molar-refractivity contribution is 5.79. The molecule has 1 saturated heterocycles. The minimum absolute atomic E-state index is 0.112. The molecule has 29 heavy (non-hydrogen) atoms. The largest absolute Gasteiger partial charge is 0.493 e. The summed E-state index contributed by atoms with van der Waals surface area (Å²) in [5, 5.41) is 0. The monoisotopic (exact) mass is 392 g/mol. The molecule has 0 aliphatic carbocycles. The highest BCUT2D eigenvalue weighted by atomic mass is 16.5. The van der Waals surface area contributed by atoms with Crippen LogP contribution in [0.5, 0.6) is 11.5 Å². The fourth-order valence-corrected chi connectivity index (χ4v) is 3.56. The lowest BCUT2D eigenvalue weighted by Crippen LogP contribution is -2.49. The van der Waals surface area contributed by atoms with Gasteiger partial charge in [-0.2, -0.15) is 0 Å². The van der Waals surface area contributed by atoms with Gasteiger partial charge in [-0.15, -0.1) is 0 Å². The molecule has 7 nitrogen and oxygen atoms in total. The normalized spacial score (nSPS) is 14.1. The van der Waals surface area contributed by atoms with Crippen LogP contribution in [0.15, 0.2) is 48.7 Å². The van der Waals surface area contributed by atoms with Crippen LogP contribution in [0.4, 0.5) is 5.82 Å². The number of anilines is 1. The molecule has 1 aromatic heterocycles. The van der Waals surface area contributed by atoms with Crippen LogP contribution in [0.1, 0.15) is 5.56 Å². The molecule has 3 aromatic rings. The van der Waals surface area contributed by atoms with Crippen LogP contribution in [0, 0.1) is 0 Å². The van der Waals surface area contributed by atoms with Gasteiger partial charge in [-0.25, -0.2) is 4.98 Å². The summed E-state index contributed by atoms with van der Waals surface area (Å²) in [4.78, 5) is 26.0. The lowest BCUT2D eigenvalue weighted by Gasteiger charge is -2.35. The molecule has 150 valence electrons. The van der Waals surface area contributed by atoms with Crippen molar-refractivity contribution in [1.82, 2.24) is 14.9 Å². The summed E-state index contributed by atoms with van der Waals surface area (Å²) in [5.41, 5.74) is 2.69. The van der Waals surface area contributed by atoms with Gasteiger partial charge in [-0.3, -0.25) is 9.78 Å². The first-order chi connectivity index (χ1) is 14.2. The second kappa shape index (κ2) is 8.34. The SMILES string of the molecule is COc1ccc(CC(=O)N2CCN(c3cnc4ccccc4n3)CC2)cc1OC. The number of benzene rings is 2. The van der Waals surface area contributed by atoms with Crippen molar-refractivity contribution in [3.8, 4) is 11.5 Å². The number of rotatable bonds is 5. The van der Waals surface area contributed by atoms with Crippen LogP contribution >= 0.6 is 0 Å². The van der Waals surface area contributed by atoms with Gasteiger partial charge >= 0.3 is 0 Å². The van der Waals surface area contributed by atoms with Crippen LogP contribution in [0.25, 0.3) is 11.0 Å². The maximum atomic E-state index is 12.7. The van der Waals surface area contributed by atoms with Crippen LogP contribution < -0.4 is 14.4 Å². The second-order valence-electron chi connectivity index (χ2n) is 6.95. The van der Waals surface area contributed by atoms with Gasteiger partial charge in [-0.05, 0) is 29.8 Å². The molecular weight excluding hydrogens is 368 g/mol. The molecule has 0 unspecified atom stereocenters. The number of carbonyl (C=O) groups excluding carboxylic acids is 1. The van der Waals surface area contributed by atoms with E-state index in [4.69, 9.17) is 14.5 Å². The number of methoxy groups -OCH3 is 2. The summed E-state index contributed by atoms with van der Waals surface area (Å²) in [5.74, 6) is 2.27. The second-order valence-corrected chi connectivity index (χ2v) is 6.95. The first-order valence-corrected chi connectivity index (χ1v) is 9.63. The number of fused-ring (bicyclic) bond motifs is 1. The average Bonchev–Trinajstić information content (AvgIpc) is 2.78. The van der Waals surface area contributed by atoms with E-state index in [9.17, 15) is 4.79 Å². The quantitative estimate of drug-likeness (QED) is 0.665. The van der Waals surface area contributed by atoms with Gasteiger partial charge in [0.05, 0.1) is 37.9 Å². The van der Waals surface area contributed by atoms with Gasteiger partial charge in [0, 0.05) is 26.2 Å². The molecule has 1 aliphatic rings. The lowest BCUT2D eigenvalue weighted by atomic mass is 10.1. The molecule has 1 amide bonds. The van der Waals surface area contributed by atoms with Gasteiger partial charge in [0.25, 0.3) is 0 Å². The third-order valence-corrected chi connectivity index (χ3v) is 5.20. The zero-order chi connectivity index (χ0) is 20.2. The Bertz CT molecular complexity index is 1020. The van der Waals surface area contributed by atoms with E-state index in [0.717, 1.165) is 35.5 Å². The number of carbonyl (C=O) groups is 1. The van der Waals surface area contributed by atoms with E-state index >= 15 is 0 Å². The number of amides is 1. The highest BCUT2D eigenvalue weighted by Gasteiger charge is 2.22. The number of para-hydroxylation sites is 2. The Labute approximate surface area is 169 Å². The Morgan fingerprint density at radius 3 is 2.41 bits per heavy atom. The average molecular weight is 392 g/mol. The molecule has 0 saturated carbocycles. The van der Waals surface area contributed by atoms with Crippen LogP contribution in [0.3, 0.4) is 0 Å². The molecular formula is C22H24N4O3. The van der Waals surface area contributed by atoms with Crippen molar-refractivity contribution in [2.45, 2.75) is 6.42 Å². The Kier molecular flexibility index (Phi) is 5.46. The van der Waals surface area contributed by atoms with Gasteiger partial charge in [-0.1, -0.05) is 18.2 Å². The molecule has 4 rings (SSSR count). The van der Waals surface area contributed by atoms with Crippen molar-refractivity contribution in [2.24, 2.45) is 0 Å². The van der Waals surface area contributed by atoms with Gasteiger partial charge in [0.2, 0.25) is 5.91 Å². The molecule has 1 fully saturated rings. The summed E-state index contributed by atoms with van der Waals surface area (Å²) < 4.78 is 10.6. The van der Waals surface area contributed by atoms with E-state index in [1.54, 1.807) is 14.2 Å². The van der Waals surface area contributed by atoms with Crippen molar-refractivity contribution < 1.29 is 14.3 Å². The summed E-state index contributed by atoms with van der Waals surface area (Å²) in [6.07, 6.45) is 2.15. The topological polar surface area (TPSA) is 67.8 Å². The van der Waals surface area contributed by atoms with Crippen molar-refractivity contribution in [3.63, 3.8) is 0 Å². The van der Waals surface area contributed by atoms with Crippen molar-refractivity contribution in [1.29, 1.82) is 0 Å². The lowest BCUT2D eigenvalue weighted by molar-refractivity contribution is -0.130. The van der Waals surface area contributed by atoms with Crippen LogP contribution in [-0.4, -0.2) is 61.2 Å². The van der Waals surface area contributed by atoms with E-state index < -0.39 is 0 Å². The Morgan fingerprint density at radius 2 is 1.69 bits per heavy atom. The van der Waals surface area contributed by atoms with E-state index in [0.29, 0.717) is 31.0 Å². The molecule has 0 radical (unpaired) electrons. The molecule has 2 aromatic carbocycles. The van der Waals surface area contributed by atoms with Crippen LogP contribution in [-0.2, 0) is 11.2 Å². The smallest absolute Gasteiger partial charge is 0.227 e. The minimum atomic E-state index is 0.112. The number of hydrogen-bond donors (Lipinski definition) is 0. The number of aromatic nitrogens is 2. The predicted molar refractivity (Wildman–Crippen MR) is 112 cm³/mol. The van der Waals surface area contributed by atoms with Crippen molar-refractivity contribution in [3.05, 3.63) is 54.2 Å². The summed E-state index contributed by atoms with van der Waals surface area (Å²) in [6.45, 7) is 2.82. The molecule has 0 N–H and O–H groups in total. The molecule has 1 aliphatic heterocycles. The minimum Gasteiger partial charge on any atom is -0.493 e. The molecule has 0 spiro atoms. The number of hydrogen-bond acceptors (Lipinski definition) is 6. The highest BCUT2D eigenvalue weighted by Crippen LogP contribution is 2.28. The molecule has 0 atom stereocenters. The maximum absolute atomic E-state index is 12.7. The Morgan fingerprint density at radius 1 is 0.966 bits per heavy atom. The third kappa shape index (κ3) is 4.08. The Balaban J connectivity index is 1.38. The standard InChI is InChI=1S/C22H24N4O3/c1-28-19-8-7-16(13-20(19)29-2)14-22(27)26-11-9-25(10-12-26)21-15-23-17-5-3-4-6-18(17)24-21/h3-8,13,15H,9-12,14H2,1-2H3. The summed E-state index contributed by atoms with van der Waals surface area (Å²) >= 11 is 0. The van der Waals surface area contributed by atoms with E-state index in [-0.39, 0.29) is 5.91 Å². The Hall–Kier alpha value is -3.35. The van der Waals surface area contributed by atoms with E-state index in [1.165, 1.54) is 0 Å². The fraction of sp³-hybridized carbons (Fsp3) is 0.318. The van der Waals surface area contributed by atoms with Gasteiger partial charge in [0.1, 0.15) is 5.82 Å². The number of nitrogens with zero attached hydrogens (tertiary/aromatic N) is 4. The maximum Gasteiger partial charge on any atom is 0.227 e. The predicted octanol–water partition coefficient (Wildman–Crippen LogP) is 2.54. The molecule has 2 heterocycles. The van der Waals surface area contributed by atoms with Crippen molar-refractivity contribution in [2.75, 3.05) is 45.3 Å². The van der Waals surface area contributed by atoms with E-state index in [2.05, 4.69) is 9.88 Å². The van der Waals surface area contributed by atoms with Gasteiger partial charge in [0.15, 0.2) is 11.5 Å². The summed E-state index contributed by atoms with van der Waals surface area (Å²) in [7, 11) is 3.19. The van der Waals surface area contributed by atoms with Crippen molar-refractivity contribution >= 4 is 22.8 Å². The zero-order valence-corrected chi connectivity index (χ0v) is 16.7. The molecule has 7 heteroatoms. The summed E-state index contributed by atoms with van der Waals surface area (Å²) in [6, 6.07) is 13.4. The zero-order valence-electron chi connectivity index (χ0n) is 16.7. The van der Waals surface area contributed by atoms with Gasteiger partial charge < -0.3 is 19.3 Å². The first kappa shape index (κ1) is 19.0. The van der Waals surface area contributed by atoms with Crippen LogP contribution in [0.2, 0.25) is 0 Å².